The van der Waals surface area contributed by atoms with Gasteiger partial charge in [-0.1, -0.05) is 5.10 Å². The maximum absolute atomic E-state index is 13.0. The molecule has 2 aliphatic rings. The molecule has 1 N–H and O–H groups in total. The lowest BCUT2D eigenvalue weighted by atomic mass is 9.99. The number of hydrogen-bond acceptors (Lipinski definition) is 6. The van der Waals surface area contributed by atoms with Crippen LogP contribution in [0.15, 0.2) is 28.7 Å². The van der Waals surface area contributed by atoms with Gasteiger partial charge in [-0.3, -0.25) is 4.79 Å². The quantitative estimate of drug-likeness (QED) is 0.852. The molecule has 1 saturated heterocycles. The van der Waals surface area contributed by atoms with Crippen molar-refractivity contribution in [2.45, 2.75) is 51.0 Å². The van der Waals surface area contributed by atoms with Gasteiger partial charge in [0.1, 0.15) is 11.9 Å². The average molecular weight is 360 g/mol. The molecular formula is C18H21FN4O3. The second-order valence-corrected chi connectivity index (χ2v) is 6.89. The fraction of sp³-hybridized carbons (Fsp3) is 0.500. The maximum atomic E-state index is 13.0. The third-order valence-electron chi connectivity index (χ3n) is 4.81. The van der Waals surface area contributed by atoms with Crippen molar-refractivity contribution in [3.05, 3.63) is 30.1 Å². The number of hydrogen-bond donors (Lipinski definition) is 1. The lowest BCUT2D eigenvalue weighted by molar-refractivity contribution is -0.157. The van der Waals surface area contributed by atoms with Crippen molar-refractivity contribution in [3.8, 4) is 11.5 Å². The fourth-order valence-electron chi connectivity index (χ4n) is 2.96. The van der Waals surface area contributed by atoms with Crippen LogP contribution < -0.4 is 5.32 Å². The first-order valence-corrected chi connectivity index (χ1v) is 8.83. The van der Waals surface area contributed by atoms with Crippen LogP contribution in [0, 0.1) is 5.82 Å². The summed E-state index contributed by atoms with van der Waals surface area (Å²) in [7, 11) is 0. The minimum Gasteiger partial charge on any atom is -0.403 e. The number of anilines is 1. The van der Waals surface area contributed by atoms with E-state index in [-0.39, 0.29) is 35.8 Å². The average Bonchev–Trinajstić information content (AvgIpc) is 3.34. The lowest BCUT2D eigenvalue weighted by Gasteiger charge is -2.46. The number of rotatable bonds is 6. The first-order valence-electron chi connectivity index (χ1n) is 8.83. The van der Waals surface area contributed by atoms with Gasteiger partial charge in [0.2, 0.25) is 11.8 Å². The molecular weight excluding hydrogens is 339 g/mol. The smallest absolute Gasteiger partial charge is 0.316 e. The molecule has 0 radical (unpaired) electrons. The van der Waals surface area contributed by atoms with Gasteiger partial charge < -0.3 is 19.4 Å². The van der Waals surface area contributed by atoms with Crippen LogP contribution in [-0.2, 0) is 9.53 Å². The summed E-state index contributed by atoms with van der Waals surface area (Å²) in [5.41, 5.74) is 0.613. The predicted molar refractivity (Wildman–Crippen MR) is 91.8 cm³/mol. The first-order chi connectivity index (χ1) is 12.5. The van der Waals surface area contributed by atoms with Gasteiger partial charge in [-0.15, -0.1) is 5.10 Å². The lowest BCUT2D eigenvalue weighted by Crippen LogP contribution is -2.64. The molecule has 138 valence electrons. The van der Waals surface area contributed by atoms with Gasteiger partial charge >= 0.3 is 6.01 Å². The minimum atomic E-state index is -0.499. The molecule has 26 heavy (non-hydrogen) atoms. The molecule has 8 heteroatoms. The highest BCUT2D eigenvalue weighted by molar-refractivity contribution is 5.84. The van der Waals surface area contributed by atoms with Crippen molar-refractivity contribution in [2.75, 3.05) is 11.9 Å². The van der Waals surface area contributed by atoms with Crippen LogP contribution in [0.5, 0.6) is 0 Å². The molecule has 4 rings (SSSR count). The Bertz CT molecular complexity index is 790. The molecule has 7 nitrogen and oxygen atoms in total. The number of nitrogens with zero attached hydrogens (tertiary/aromatic N) is 3. The maximum Gasteiger partial charge on any atom is 0.316 e. The number of nitrogens with one attached hydrogen (secondary N) is 1. The number of aromatic nitrogens is 2. The molecule has 2 fully saturated rings. The number of carbonyl (C=O) groups is 1. The monoisotopic (exact) mass is 360 g/mol. The van der Waals surface area contributed by atoms with E-state index in [2.05, 4.69) is 15.5 Å². The van der Waals surface area contributed by atoms with E-state index in [0.717, 1.165) is 12.8 Å². The van der Waals surface area contributed by atoms with Gasteiger partial charge in [-0.2, -0.15) is 0 Å². The molecule has 1 saturated carbocycles. The van der Waals surface area contributed by atoms with Crippen molar-refractivity contribution in [2.24, 2.45) is 0 Å². The molecule has 1 aliphatic heterocycles. The van der Waals surface area contributed by atoms with Gasteiger partial charge in [0.25, 0.3) is 0 Å². The highest BCUT2D eigenvalue weighted by atomic mass is 19.1. The standard InChI is InChI=1S/C18H21FN4O3/c1-10(17(24)23-9-15(11(23)2)25-14-7-8-14)20-18-22-21-16(26-18)12-3-5-13(19)6-4-12/h3-6,10-11,14-15H,7-9H2,1-2H3,(H,20,22)/t10-,11+,15+/m1/s1. The number of carbonyl (C=O) groups excluding carboxylic acids is 1. The van der Waals surface area contributed by atoms with E-state index >= 15 is 0 Å². The molecule has 2 heterocycles. The molecule has 3 atom stereocenters. The largest absolute Gasteiger partial charge is 0.403 e. The van der Waals surface area contributed by atoms with Crippen molar-refractivity contribution in [3.63, 3.8) is 0 Å². The summed E-state index contributed by atoms with van der Waals surface area (Å²) in [5.74, 6) is -0.101. The molecule has 1 aromatic heterocycles. The molecule has 1 aromatic carbocycles. The summed E-state index contributed by atoms with van der Waals surface area (Å²) in [5, 5.41) is 10.8. The van der Waals surface area contributed by atoms with Crippen LogP contribution >= 0.6 is 0 Å². The normalized spacial score (nSPS) is 23.4. The van der Waals surface area contributed by atoms with Crippen LogP contribution in [0.25, 0.3) is 11.5 Å². The minimum absolute atomic E-state index is 0.0327. The van der Waals surface area contributed by atoms with Gasteiger partial charge in [0.15, 0.2) is 0 Å². The highest BCUT2D eigenvalue weighted by Crippen LogP contribution is 2.31. The predicted octanol–water partition coefficient (Wildman–Crippen LogP) is 2.45. The molecule has 0 spiro atoms. The molecule has 1 aliphatic carbocycles. The number of halogens is 1. The Kier molecular flexibility index (Phi) is 4.36. The van der Waals surface area contributed by atoms with E-state index in [9.17, 15) is 9.18 Å². The van der Waals surface area contributed by atoms with E-state index in [1.165, 1.54) is 12.1 Å². The van der Waals surface area contributed by atoms with Crippen LogP contribution in [-0.4, -0.2) is 51.8 Å². The molecule has 0 unspecified atom stereocenters. The summed E-state index contributed by atoms with van der Waals surface area (Å²) < 4.78 is 24.4. The van der Waals surface area contributed by atoms with E-state index in [0.29, 0.717) is 18.2 Å². The van der Waals surface area contributed by atoms with Crippen LogP contribution in [0.2, 0.25) is 0 Å². The molecule has 0 bridgehead atoms. The number of ether oxygens (including phenoxy) is 1. The number of likely N-dealkylation sites (tertiary alicyclic amines) is 1. The zero-order chi connectivity index (χ0) is 18.3. The van der Waals surface area contributed by atoms with Crippen molar-refractivity contribution in [1.29, 1.82) is 0 Å². The number of amides is 1. The van der Waals surface area contributed by atoms with E-state index in [1.54, 1.807) is 24.0 Å². The Labute approximate surface area is 150 Å². The second kappa shape index (κ2) is 6.68. The summed E-state index contributed by atoms with van der Waals surface area (Å²) >= 11 is 0. The third kappa shape index (κ3) is 3.41. The highest BCUT2D eigenvalue weighted by Gasteiger charge is 2.43. The summed E-state index contributed by atoms with van der Waals surface area (Å²) in [6.07, 6.45) is 2.77. The molecule has 2 aromatic rings. The van der Waals surface area contributed by atoms with Crippen LogP contribution in [0.4, 0.5) is 10.4 Å². The zero-order valence-electron chi connectivity index (χ0n) is 14.7. The SMILES string of the molecule is C[C@@H](Nc1nnc(-c2ccc(F)cc2)o1)C(=O)N1C[C@H](OC2CC2)[C@@H]1C. The summed E-state index contributed by atoms with van der Waals surface area (Å²) in [6.45, 7) is 4.37. The third-order valence-corrected chi connectivity index (χ3v) is 4.81. The van der Waals surface area contributed by atoms with Gasteiger partial charge in [0, 0.05) is 12.1 Å². The Morgan fingerprint density at radius 1 is 1.35 bits per heavy atom. The Balaban J connectivity index is 1.33. The zero-order valence-corrected chi connectivity index (χ0v) is 14.7. The Morgan fingerprint density at radius 2 is 2.08 bits per heavy atom. The summed E-state index contributed by atoms with van der Waals surface area (Å²) in [4.78, 5) is 14.4. The summed E-state index contributed by atoms with van der Waals surface area (Å²) in [6, 6.07) is 5.50. The van der Waals surface area contributed by atoms with Crippen LogP contribution in [0.1, 0.15) is 26.7 Å². The van der Waals surface area contributed by atoms with E-state index < -0.39 is 6.04 Å². The first kappa shape index (κ1) is 17.0. The fourth-order valence-corrected chi connectivity index (χ4v) is 2.96. The van der Waals surface area contributed by atoms with Crippen molar-refractivity contribution >= 4 is 11.9 Å². The second-order valence-electron chi connectivity index (χ2n) is 6.89. The topological polar surface area (TPSA) is 80.5 Å². The van der Waals surface area contributed by atoms with Crippen molar-refractivity contribution < 1.29 is 18.3 Å². The Morgan fingerprint density at radius 3 is 2.73 bits per heavy atom. The molecule has 1 amide bonds. The van der Waals surface area contributed by atoms with E-state index in [4.69, 9.17) is 9.15 Å². The Hall–Kier alpha value is -2.48. The van der Waals surface area contributed by atoms with Gasteiger partial charge in [-0.05, 0) is 51.0 Å². The van der Waals surface area contributed by atoms with Gasteiger partial charge in [-0.25, -0.2) is 4.39 Å². The van der Waals surface area contributed by atoms with Crippen LogP contribution in [0.3, 0.4) is 0 Å². The van der Waals surface area contributed by atoms with E-state index in [1.807, 2.05) is 6.92 Å². The number of benzene rings is 1. The van der Waals surface area contributed by atoms with Gasteiger partial charge in [0.05, 0.1) is 18.2 Å². The van der Waals surface area contributed by atoms with Crippen molar-refractivity contribution in [1.82, 2.24) is 15.1 Å².